The van der Waals surface area contributed by atoms with Gasteiger partial charge in [-0.15, -0.1) is 11.6 Å². The van der Waals surface area contributed by atoms with E-state index in [9.17, 15) is 4.39 Å². The van der Waals surface area contributed by atoms with Crippen molar-refractivity contribution in [2.45, 2.75) is 6.10 Å². The van der Waals surface area contributed by atoms with Gasteiger partial charge in [-0.2, -0.15) is 0 Å². The van der Waals surface area contributed by atoms with Crippen LogP contribution in [0, 0.1) is 0 Å². The minimum atomic E-state index is -0.966. The number of aliphatic hydroxyl groups excluding tert-OH is 1. The van der Waals surface area contributed by atoms with Gasteiger partial charge in [-0.1, -0.05) is 0 Å². The molecule has 0 saturated heterocycles. The van der Waals surface area contributed by atoms with Crippen molar-refractivity contribution in [2.75, 3.05) is 12.6 Å². The molecule has 1 N–H and O–H groups in total. The summed E-state index contributed by atoms with van der Waals surface area (Å²) in [5.41, 5.74) is 0. The summed E-state index contributed by atoms with van der Waals surface area (Å²) in [7, 11) is 0. The maximum absolute atomic E-state index is 11.1. The van der Waals surface area contributed by atoms with Gasteiger partial charge in [-0.3, -0.25) is 0 Å². The Hall–Kier alpha value is 0.180. The third kappa shape index (κ3) is 2.42. The first-order chi connectivity index (χ1) is 2.81. The zero-order valence-corrected chi connectivity index (χ0v) is 3.95. The molecule has 1 atom stereocenters. The fourth-order valence-electron chi connectivity index (χ4n) is 0.0412. The molecule has 6 heavy (non-hydrogen) atoms. The lowest BCUT2D eigenvalue weighted by Gasteiger charge is -1.93. The normalized spacial score (nSPS) is 14.5. The van der Waals surface area contributed by atoms with E-state index in [-0.39, 0.29) is 5.88 Å². The van der Waals surface area contributed by atoms with Crippen LogP contribution in [0.1, 0.15) is 0 Å². The van der Waals surface area contributed by atoms with E-state index in [1.807, 2.05) is 0 Å². The van der Waals surface area contributed by atoms with Crippen LogP contribution >= 0.6 is 11.6 Å². The van der Waals surface area contributed by atoms with Crippen LogP contribution in [0.2, 0.25) is 0 Å². The molecule has 0 aliphatic heterocycles. The van der Waals surface area contributed by atoms with Gasteiger partial charge in [0.2, 0.25) is 0 Å². The van der Waals surface area contributed by atoms with Crippen molar-refractivity contribution in [3.63, 3.8) is 0 Å². The molecule has 0 aromatic heterocycles. The van der Waals surface area contributed by atoms with Gasteiger partial charge in [-0.25, -0.2) is 4.39 Å². The molecule has 0 aromatic rings. The Balaban J connectivity index is 2.75. The van der Waals surface area contributed by atoms with Gasteiger partial charge < -0.3 is 5.11 Å². The lowest BCUT2D eigenvalue weighted by molar-refractivity contribution is 0.161. The van der Waals surface area contributed by atoms with E-state index in [1.165, 1.54) is 0 Å². The van der Waals surface area contributed by atoms with Crippen LogP contribution in [0.5, 0.6) is 0 Å². The highest BCUT2D eigenvalue weighted by Crippen LogP contribution is 1.85. The van der Waals surface area contributed by atoms with E-state index in [4.69, 9.17) is 16.7 Å². The minimum Gasteiger partial charge on any atom is -0.389 e. The first kappa shape index (κ1) is 6.18. The highest BCUT2D eigenvalue weighted by atomic mass is 35.5. The van der Waals surface area contributed by atoms with Crippen LogP contribution in [0.3, 0.4) is 0 Å². The van der Waals surface area contributed by atoms with E-state index in [2.05, 4.69) is 0 Å². The third-order valence-electron chi connectivity index (χ3n) is 0.356. The van der Waals surface area contributed by atoms with Crippen molar-refractivity contribution >= 4 is 11.6 Å². The quantitative estimate of drug-likeness (QED) is 0.518. The fraction of sp³-hybridized carbons (Fsp3) is 1.00. The number of hydrogen-bond donors (Lipinski definition) is 1. The van der Waals surface area contributed by atoms with E-state index in [0.29, 0.717) is 0 Å². The molecule has 0 fully saturated rings. The molecule has 0 aliphatic carbocycles. The first-order valence-electron chi connectivity index (χ1n) is 1.61. The zero-order valence-electron chi connectivity index (χ0n) is 3.19. The van der Waals surface area contributed by atoms with E-state index in [0.717, 1.165) is 0 Å². The number of alkyl halides is 2. The summed E-state index contributed by atoms with van der Waals surface area (Å²) in [6.45, 7) is -0.747. The molecule has 38 valence electrons. The summed E-state index contributed by atoms with van der Waals surface area (Å²) in [6.07, 6.45) is -0.966. The van der Waals surface area contributed by atoms with Gasteiger partial charge in [0.15, 0.2) is 0 Å². The first-order valence-corrected chi connectivity index (χ1v) is 2.14. The molecule has 0 bridgehead atoms. The topological polar surface area (TPSA) is 20.2 Å². The van der Waals surface area contributed by atoms with Crippen molar-refractivity contribution in [2.24, 2.45) is 0 Å². The van der Waals surface area contributed by atoms with Gasteiger partial charge in [0.05, 0.1) is 12.0 Å². The highest BCUT2D eigenvalue weighted by Gasteiger charge is 1.95. The molecule has 0 heterocycles. The maximum Gasteiger partial charge on any atom is 0.116 e. The van der Waals surface area contributed by atoms with E-state index >= 15 is 0 Å². The molecule has 3 heteroatoms. The van der Waals surface area contributed by atoms with Crippen molar-refractivity contribution in [1.29, 1.82) is 0 Å². The van der Waals surface area contributed by atoms with Gasteiger partial charge in [0.25, 0.3) is 0 Å². The number of halogens is 2. The Bertz CT molecular complexity index is 30.0. The predicted octanol–water partition coefficient (Wildman–Crippen LogP) is 0.556. The second kappa shape index (κ2) is 3.37. The lowest BCUT2D eigenvalue weighted by Crippen LogP contribution is -2.09. The van der Waals surface area contributed by atoms with Crippen LogP contribution in [0.4, 0.5) is 4.39 Å². The number of rotatable bonds is 2. The van der Waals surface area contributed by atoms with Gasteiger partial charge >= 0.3 is 0 Å². The third-order valence-corrected chi connectivity index (χ3v) is 0.712. The Morgan fingerprint density at radius 1 is 1.83 bits per heavy atom. The van der Waals surface area contributed by atoms with Crippen LogP contribution < -0.4 is 0 Å². The standard InChI is InChI=1S/C3H6ClFO/c4-1-3(6)2-5/h3,6H,1-2H2/t3-/m0/s1. The second-order valence-corrected chi connectivity index (χ2v) is 1.27. The molecule has 0 saturated carbocycles. The van der Waals surface area contributed by atoms with Crippen molar-refractivity contribution in [3.8, 4) is 0 Å². The Kier molecular flexibility index (Phi) is 3.47. The van der Waals surface area contributed by atoms with Gasteiger partial charge in [0.1, 0.15) is 6.67 Å². The van der Waals surface area contributed by atoms with Gasteiger partial charge in [0, 0.05) is 0 Å². The summed E-state index contributed by atoms with van der Waals surface area (Å²) in [5, 5.41) is 8.16. The van der Waals surface area contributed by atoms with Crippen molar-refractivity contribution in [1.82, 2.24) is 0 Å². The summed E-state index contributed by atoms with van der Waals surface area (Å²) < 4.78 is 11.1. The second-order valence-electron chi connectivity index (χ2n) is 0.962. The molecule has 0 amide bonds. The summed E-state index contributed by atoms with van der Waals surface area (Å²) >= 11 is 4.96. The molecule has 0 unspecified atom stereocenters. The summed E-state index contributed by atoms with van der Waals surface area (Å²) in [4.78, 5) is 0. The Morgan fingerprint density at radius 2 is 2.33 bits per heavy atom. The smallest absolute Gasteiger partial charge is 0.116 e. The molecule has 0 spiro atoms. The van der Waals surface area contributed by atoms with E-state index < -0.39 is 12.8 Å². The summed E-state index contributed by atoms with van der Waals surface area (Å²) in [5.74, 6) is -0.0174. The molecular formula is C3H6ClFO. The molecule has 0 radical (unpaired) electrons. The fourth-order valence-corrected chi connectivity index (χ4v) is 0.124. The van der Waals surface area contributed by atoms with Crippen LogP contribution in [0.15, 0.2) is 0 Å². The monoisotopic (exact) mass is 112 g/mol. The molecule has 0 aliphatic rings. The Morgan fingerprint density at radius 3 is 2.33 bits per heavy atom. The van der Waals surface area contributed by atoms with Crippen LogP contribution in [-0.4, -0.2) is 23.8 Å². The lowest BCUT2D eigenvalue weighted by atomic mass is 10.5. The maximum atomic E-state index is 11.1. The zero-order chi connectivity index (χ0) is 4.99. The molecule has 0 aromatic carbocycles. The SMILES string of the molecule is O[C@H](CF)CCl. The average molecular weight is 113 g/mol. The number of aliphatic hydroxyl groups is 1. The van der Waals surface area contributed by atoms with Crippen LogP contribution in [0.25, 0.3) is 0 Å². The minimum absolute atomic E-state index is 0.0174. The number of hydrogen-bond acceptors (Lipinski definition) is 1. The molecular weight excluding hydrogens is 106 g/mol. The van der Waals surface area contributed by atoms with Crippen molar-refractivity contribution in [3.05, 3.63) is 0 Å². The largest absolute Gasteiger partial charge is 0.389 e. The highest BCUT2D eigenvalue weighted by molar-refractivity contribution is 6.18. The molecule has 1 nitrogen and oxygen atoms in total. The van der Waals surface area contributed by atoms with Crippen molar-refractivity contribution < 1.29 is 9.50 Å². The predicted molar refractivity (Wildman–Crippen MR) is 22.7 cm³/mol. The van der Waals surface area contributed by atoms with Gasteiger partial charge in [-0.05, 0) is 0 Å². The summed E-state index contributed by atoms with van der Waals surface area (Å²) in [6, 6.07) is 0. The van der Waals surface area contributed by atoms with E-state index in [1.54, 1.807) is 0 Å². The molecule has 0 rings (SSSR count). The Labute approximate surface area is 40.7 Å². The average Bonchev–Trinajstić information content (AvgIpc) is 1.65. The van der Waals surface area contributed by atoms with Crippen LogP contribution in [-0.2, 0) is 0 Å².